The number of ether oxygens (including phenoxy) is 5. The molecule has 2 N–H and O–H groups in total. The van der Waals surface area contributed by atoms with E-state index in [4.69, 9.17) is 23.7 Å². The zero-order valence-corrected chi connectivity index (χ0v) is 21.5. The van der Waals surface area contributed by atoms with Crippen molar-refractivity contribution in [2.24, 2.45) is 0 Å². The van der Waals surface area contributed by atoms with Gasteiger partial charge in [-0.3, -0.25) is 9.59 Å². The lowest BCUT2D eigenvalue weighted by Crippen LogP contribution is -2.34. The number of benzene rings is 2. The summed E-state index contributed by atoms with van der Waals surface area (Å²) in [4.78, 5) is 27.0. The number of methoxy groups -OCH3 is 5. The lowest BCUT2D eigenvalue weighted by molar-refractivity contribution is -0.117. The van der Waals surface area contributed by atoms with Crippen molar-refractivity contribution in [1.82, 2.24) is 10.6 Å². The van der Waals surface area contributed by atoms with E-state index in [1.807, 2.05) is 17.5 Å². The van der Waals surface area contributed by atoms with Crippen LogP contribution in [0.25, 0.3) is 6.08 Å². The largest absolute Gasteiger partial charge is 0.493 e. The second-order valence-electron chi connectivity index (χ2n) is 7.27. The summed E-state index contributed by atoms with van der Waals surface area (Å²) < 4.78 is 26.7. The van der Waals surface area contributed by atoms with Gasteiger partial charge in [0.15, 0.2) is 23.0 Å². The van der Waals surface area contributed by atoms with Crippen LogP contribution in [0, 0.1) is 0 Å². The molecule has 0 fully saturated rings. The van der Waals surface area contributed by atoms with Gasteiger partial charge in [-0.2, -0.15) is 0 Å². The van der Waals surface area contributed by atoms with Crippen LogP contribution in [0.15, 0.2) is 53.5 Å². The first-order chi connectivity index (χ1) is 17.4. The molecular weight excluding hydrogens is 484 g/mol. The number of amides is 2. The van der Waals surface area contributed by atoms with E-state index in [9.17, 15) is 9.59 Å². The van der Waals surface area contributed by atoms with E-state index in [0.717, 1.165) is 4.88 Å². The van der Waals surface area contributed by atoms with Crippen molar-refractivity contribution in [1.29, 1.82) is 0 Å². The average molecular weight is 513 g/mol. The van der Waals surface area contributed by atoms with Crippen LogP contribution in [-0.2, 0) is 11.3 Å². The van der Waals surface area contributed by atoms with Crippen molar-refractivity contribution in [3.63, 3.8) is 0 Å². The lowest BCUT2D eigenvalue weighted by atomic mass is 10.1. The number of thiophene rings is 1. The SMILES string of the molecule is COc1ccc(C(=O)N/C(=C\c2cccs2)C(=O)NCc2ccc(OC)c(OC)c2OC)cc1OC. The van der Waals surface area contributed by atoms with Gasteiger partial charge in [0.05, 0.1) is 35.5 Å². The molecule has 1 aromatic heterocycles. The van der Waals surface area contributed by atoms with E-state index in [2.05, 4.69) is 10.6 Å². The van der Waals surface area contributed by atoms with Crippen LogP contribution in [0.1, 0.15) is 20.8 Å². The summed E-state index contributed by atoms with van der Waals surface area (Å²) >= 11 is 1.44. The second kappa shape index (κ2) is 12.5. The van der Waals surface area contributed by atoms with Gasteiger partial charge in [-0.25, -0.2) is 0 Å². The normalized spacial score (nSPS) is 10.9. The quantitative estimate of drug-likeness (QED) is 0.376. The van der Waals surface area contributed by atoms with Crippen molar-refractivity contribution < 1.29 is 33.3 Å². The molecule has 0 atom stereocenters. The minimum atomic E-state index is -0.478. The van der Waals surface area contributed by atoms with Crippen LogP contribution in [0.3, 0.4) is 0 Å². The van der Waals surface area contributed by atoms with Crippen LogP contribution >= 0.6 is 11.3 Å². The Kier molecular flexibility index (Phi) is 9.18. The summed E-state index contributed by atoms with van der Waals surface area (Å²) in [5.41, 5.74) is 1.06. The first-order valence-corrected chi connectivity index (χ1v) is 11.7. The molecule has 0 aliphatic heterocycles. The molecule has 9 nitrogen and oxygen atoms in total. The van der Waals surface area contributed by atoms with Gasteiger partial charge in [-0.1, -0.05) is 6.07 Å². The van der Waals surface area contributed by atoms with Crippen LogP contribution in [0.5, 0.6) is 28.7 Å². The predicted octanol–water partition coefficient (Wildman–Crippen LogP) is 3.88. The maximum atomic E-state index is 13.2. The van der Waals surface area contributed by atoms with Gasteiger partial charge >= 0.3 is 0 Å². The van der Waals surface area contributed by atoms with Gasteiger partial charge in [-0.05, 0) is 47.9 Å². The molecule has 10 heteroatoms. The summed E-state index contributed by atoms with van der Waals surface area (Å²) in [5, 5.41) is 7.43. The third-order valence-electron chi connectivity index (χ3n) is 5.19. The third-order valence-corrected chi connectivity index (χ3v) is 6.01. The fourth-order valence-electron chi connectivity index (χ4n) is 3.42. The van der Waals surface area contributed by atoms with Crippen LogP contribution in [0.2, 0.25) is 0 Å². The van der Waals surface area contributed by atoms with Gasteiger partial charge in [0.25, 0.3) is 11.8 Å². The summed E-state index contributed by atoms with van der Waals surface area (Å²) in [6.45, 7) is 0.121. The van der Waals surface area contributed by atoms with E-state index in [1.54, 1.807) is 36.4 Å². The molecule has 0 bridgehead atoms. The maximum absolute atomic E-state index is 13.2. The highest BCUT2D eigenvalue weighted by Crippen LogP contribution is 2.39. The average Bonchev–Trinajstić information content (AvgIpc) is 3.43. The molecule has 3 aromatic rings. The number of hydrogen-bond acceptors (Lipinski definition) is 8. The molecule has 0 aliphatic carbocycles. The molecule has 3 rings (SSSR count). The van der Waals surface area contributed by atoms with E-state index in [-0.39, 0.29) is 12.2 Å². The Balaban J connectivity index is 1.84. The highest BCUT2D eigenvalue weighted by Gasteiger charge is 2.19. The molecular formula is C26H28N2O7S. The predicted molar refractivity (Wildman–Crippen MR) is 137 cm³/mol. The topological polar surface area (TPSA) is 104 Å². The highest BCUT2D eigenvalue weighted by molar-refractivity contribution is 7.10. The molecule has 0 aliphatic rings. The van der Waals surface area contributed by atoms with Crippen molar-refractivity contribution >= 4 is 29.2 Å². The Morgan fingerprint density at radius 1 is 0.833 bits per heavy atom. The van der Waals surface area contributed by atoms with Crippen molar-refractivity contribution in [3.05, 3.63) is 69.5 Å². The van der Waals surface area contributed by atoms with E-state index >= 15 is 0 Å². The Morgan fingerprint density at radius 2 is 1.53 bits per heavy atom. The van der Waals surface area contributed by atoms with Crippen LogP contribution in [-0.4, -0.2) is 47.4 Å². The summed E-state index contributed by atoms with van der Waals surface area (Å²) in [6.07, 6.45) is 1.62. The second-order valence-corrected chi connectivity index (χ2v) is 8.25. The smallest absolute Gasteiger partial charge is 0.268 e. The summed E-state index contributed by atoms with van der Waals surface area (Å²) in [5.74, 6) is 1.30. The van der Waals surface area contributed by atoms with Gasteiger partial charge in [0.1, 0.15) is 5.70 Å². The first-order valence-electron chi connectivity index (χ1n) is 10.8. The highest BCUT2D eigenvalue weighted by atomic mass is 32.1. The number of hydrogen-bond donors (Lipinski definition) is 2. The number of rotatable bonds is 11. The third kappa shape index (κ3) is 6.08. The van der Waals surface area contributed by atoms with E-state index in [1.165, 1.54) is 46.9 Å². The molecule has 0 saturated heterocycles. The summed E-state index contributed by atoms with van der Waals surface area (Å²) in [7, 11) is 7.54. The van der Waals surface area contributed by atoms with Gasteiger partial charge in [0, 0.05) is 22.5 Å². The van der Waals surface area contributed by atoms with Crippen LogP contribution < -0.4 is 34.3 Å². The minimum absolute atomic E-state index is 0.0803. The zero-order valence-electron chi connectivity index (χ0n) is 20.7. The van der Waals surface area contributed by atoms with Gasteiger partial charge in [0.2, 0.25) is 5.75 Å². The fourth-order valence-corrected chi connectivity index (χ4v) is 4.08. The van der Waals surface area contributed by atoms with E-state index < -0.39 is 11.8 Å². The standard InChI is InChI=1S/C26H28N2O7S/c1-31-20-10-8-16(13-22(20)33-3)25(29)28-19(14-18-7-6-12-36-18)26(30)27-15-17-9-11-21(32-2)24(35-5)23(17)34-4/h6-14H,15H2,1-5H3,(H,27,30)(H,28,29)/b19-14-. The molecule has 1 heterocycles. The monoisotopic (exact) mass is 512 g/mol. The molecule has 0 spiro atoms. The zero-order chi connectivity index (χ0) is 26.1. The molecule has 0 unspecified atom stereocenters. The van der Waals surface area contributed by atoms with Crippen molar-refractivity contribution in [2.75, 3.05) is 35.5 Å². The fraction of sp³-hybridized carbons (Fsp3) is 0.231. The first kappa shape index (κ1) is 26.4. The number of nitrogens with one attached hydrogen (secondary N) is 2. The Bertz CT molecular complexity index is 1240. The Morgan fingerprint density at radius 3 is 2.14 bits per heavy atom. The van der Waals surface area contributed by atoms with Crippen LogP contribution in [0.4, 0.5) is 0 Å². The number of carbonyl (C=O) groups excluding carboxylic acids is 2. The van der Waals surface area contributed by atoms with Gasteiger partial charge in [-0.15, -0.1) is 11.3 Å². The Hall–Kier alpha value is -4.18. The van der Waals surface area contributed by atoms with Gasteiger partial charge < -0.3 is 34.3 Å². The maximum Gasteiger partial charge on any atom is 0.268 e. The summed E-state index contributed by atoms with van der Waals surface area (Å²) in [6, 6.07) is 12.0. The lowest BCUT2D eigenvalue weighted by Gasteiger charge is -2.17. The van der Waals surface area contributed by atoms with Crippen molar-refractivity contribution in [3.8, 4) is 28.7 Å². The molecule has 0 radical (unpaired) electrons. The molecule has 190 valence electrons. The molecule has 36 heavy (non-hydrogen) atoms. The molecule has 0 saturated carbocycles. The minimum Gasteiger partial charge on any atom is -0.493 e. The van der Waals surface area contributed by atoms with Crippen molar-refractivity contribution in [2.45, 2.75) is 6.54 Å². The number of carbonyl (C=O) groups is 2. The molecule has 2 amide bonds. The van der Waals surface area contributed by atoms with E-state index in [0.29, 0.717) is 39.9 Å². The molecule has 2 aromatic carbocycles. The Labute approximate surface area is 213 Å².